The molecule has 0 unspecified atom stereocenters. The van der Waals surface area contributed by atoms with E-state index in [1.54, 1.807) is 6.07 Å². The Labute approximate surface area is 114 Å². The molecule has 1 fully saturated rings. The molecule has 2 aromatic heterocycles. The lowest BCUT2D eigenvalue weighted by molar-refractivity contribution is 0.340. The van der Waals surface area contributed by atoms with Crippen LogP contribution in [0.2, 0.25) is 0 Å². The fourth-order valence-corrected chi connectivity index (χ4v) is 3.24. The summed E-state index contributed by atoms with van der Waals surface area (Å²) in [5.41, 5.74) is 0.709. The lowest BCUT2D eigenvalue weighted by atomic mass is 9.96. The molecule has 1 saturated heterocycles. The second-order valence-electron chi connectivity index (χ2n) is 4.71. The van der Waals surface area contributed by atoms with Crippen LogP contribution in [0.15, 0.2) is 16.9 Å². The van der Waals surface area contributed by atoms with Gasteiger partial charge in [0.25, 0.3) is 0 Å². The van der Waals surface area contributed by atoms with Gasteiger partial charge in [-0.2, -0.15) is 0 Å². The van der Waals surface area contributed by atoms with Crippen molar-refractivity contribution in [1.29, 1.82) is 0 Å². The highest BCUT2D eigenvalue weighted by Gasteiger charge is 2.23. The Hall–Kier alpha value is -1.50. The predicted molar refractivity (Wildman–Crippen MR) is 70.9 cm³/mol. The fourth-order valence-electron chi connectivity index (χ4n) is 2.40. The number of piperidine rings is 1. The Bertz CT molecular complexity index is 514. The molecule has 0 bridgehead atoms. The van der Waals surface area contributed by atoms with Gasteiger partial charge in [0.2, 0.25) is 5.13 Å². The van der Waals surface area contributed by atoms with Crippen LogP contribution < -0.4 is 4.90 Å². The van der Waals surface area contributed by atoms with Crippen molar-refractivity contribution in [1.82, 2.24) is 15.4 Å². The summed E-state index contributed by atoms with van der Waals surface area (Å²) in [5.74, 6) is 0.429. The monoisotopic (exact) mass is 282 g/mol. The fraction of sp³-hybridized carbons (Fsp3) is 0.583. The zero-order valence-corrected chi connectivity index (χ0v) is 11.3. The highest BCUT2D eigenvalue weighted by Crippen LogP contribution is 2.31. The van der Waals surface area contributed by atoms with E-state index in [0.29, 0.717) is 18.0 Å². The largest absolute Gasteiger partial charge is 0.364 e. The minimum Gasteiger partial charge on any atom is -0.364 e. The van der Waals surface area contributed by atoms with Gasteiger partial charge in [-0.3, -0.25) is 4.39 Å². The number of halogens is 1. The molecule has 0 N–H and O–H groups in total. The molecule has 7 heteroatoms. The van der Waals surface area contributed by atoms with Crippen LogP contribution in [0.3, 0.4) is 0 Å². The van der Waals surface area contributed by atoms with Crippen LogP contribution in [-0.2, 0) is 0 Å². The summed E-state index contributed by atoms with van der Waals surface area (Å²) in [6, 6.07) is 1.77. The van der Waals surface area contributed by atoms with Crippen LogP contribution in [0, 0.1) is 5.92 Å². The van der Waals surface area contributed by atoms with Crippen LogP contribution in [-0.4, -0.2) is 35.1 Å². The summed E-state index contributed by atoms with van der Waals surface area (Å²) in [6.07, 6.45) is 4.36. The number of anilines is 1. The molecule has 19 heavy (non-hydrogen) atoms. The third-order valence-corrected chi connectivity index (χ3v) is 4.38. The molecule has 3 rings (SSSR count). The van der Waals surface area contributed by atoms with E-state index in [1.807, 2.05) is 0 Å². The first-order valence-electron chi connectivity index (χ1n) is 6.42. The van der Waals surface area contributed by atoms with Crippen molar-refractivity contribution in [3.63, 3.8) is 0 Å². The van der Waals surface area contributed by atoms with Crippen molar-refractivity contribution >= 4 is 16.5 Å². The Morgan fingerprint density at radius 3 is 3.21 bits per heavy atom. The van der Waals surface area contributed by atoms with Crippen LogP contribution in [0.25, 0.3) is 10.7 Å². The van der Waals surface area contributed by atoms with E-state index in [1.165, 1.54) is 17.6 Å². The Morgan fingerprint density at radius 1 is 1.47 bits per heavy atom. The first-order chi connectivity index (χ1) is 9.36. The summed E-state index contributed by atoms with van der Waals surface area (Å²) in [5, 5.41) is 13.8. The van der Waals surface area contributed by atoms with Crippen LogP contribution in [0.5, 0.6) is 0 Å². The third-order valence-electron chi connectivity index (χ3n) is 3.38. The Morgan fingerprint density at radius 2 is 2.42 bits per heavy atom. The van der Waals surface area contributed by atoms with E-state index in [2.05, 4.69) is 20.3 Å². The molecular formula is C12H15FN4OS. The predicted octanol–water partition coefficient (Wildman–Crippen LogP) is 2.77. The molecule has 0 amide bonds. The van der Waals surface area contributed by atoms with Crippen LogP contribution >= 0.6 is 11.3 Å². The lowest BCUT2D eigenvalue weighted by Gasteiger charge is -2.31. The highest BCUT2D eigenvalue weighted by molar-refractivity contribution is 7.18. The highest BCUT2D eigenvalue weighted by atomic mass is 32.1. The van der Waals surface area contributed by atoms with Crippen molar-refractivity contribution < 1.29 is 8.91 Å². The minimum atomic E-state index is -0.237. The third kappa shape index (κ3) is 2.75. The van der Waals surface area contributed by atoms with E-state index >= 15 is 0 Å². The van der Waals surface area contributed by atoms with Crippen LogP contribution in [0.1, 0.15) is 19.3 Å². The van der Waals surface area contributed by atoms with E-state index < -0.39 is 0 Å². The topological polar surface area (TPSA) is 55.1 Å². The summed E-state index contributed by atoms with van der Waals surface area (Å²) < 4.78 is 17.2. The number of hydrogen-bond acceptors (Lipinski definition) is 6. The molecule has 1 aliphatic rings. The first kappa shape index (κ1) is 12.5. The maximum atomic E-state index is 12.4. The molecular weight excluding hydrogens is 267 g/mol. The van der Waals surface area contributed by atoms with Gasteiger partial charge in [-0.1, -0.05) is 16.5 Å². The van der Waals surface area contributed by atoms with E-state index in [0.717, 1.165) is 36.1 Å². The summed E-state index contributed by atoms with van der Waals surface area (Å²) in [7, 11) is 0. The second-order valence-corrected chi connectivity index (χ2v) is 5.66. The van der Waals surface area contributed by atoms with Gasteiger partial charge >= 0.3 is 0 Å². The summed E-state index contributed by atoms with van der Waals surface area (Å²) >= 11 is 1.50. The average Bonchev–Trinajstić information content (AvgIpc) is 3.11. The van der Waals surface area contributed by atoms with Gasteiger partial charge in [0.1, 0.15) is 12.0 Å². The van der Waals surface area contributed by atoms with Crippen molar-refractivity contribution in [3.8, 4) is 10.7 Å². The summed E-state index contributed by atoms with van der Waals surface area (Å²) in [6.45, 7) is 1.60. The minimum absolute atomic E-state index is 0.237. The Kier molecular flexibility index (Phi) is 3.72. The lowest BCUT2D eigenvalue weighted by Crippen LogP contribution is -2.35. The van der Waals surface area contributed by atoms with Gasteiger partial charge in [-0.05, 0) is 25.2 Å². The van der Waals surface area contributed by atoms with Gasteiger partial charge in [-0.15, -0.1) is 10.2 Å². The van der Waals surface area contributed by atoms with Gasteiger partial charge in [0.15, 0.2) is 5.01 Å². The maximum absolute atomic E-state index is 12.4. The van der Waals surface area contributed by atoms with Crippen molar-refractivity contribution in [2.75, 3.05) is 24.7 Å². The quantitative estimate of drug-likeness (QED) is 0.863. The number of rotatable bonds is 4. The molecule has 0 saturated carbocycles. The zero-order valence-electron chi connectivity index (χ0n) is 10.5. The molecule has 1 aliphatic heterocycles. The Balaban J connectivity index is 1.72. The average molecular weight is 282 g/mol. The van der Waals surface area contributed by atoms with Crippen molar-refractivity contribution in [2.24, 2.45) is 5.92 Å². The number of hydrogen-bond donors (Lipinski definition) is 0. The van der Waals surface area contributed by atoms with E-state index in [9.17, 15) is 4.39 Å². The molecule has 3 heterocycles. The molecule has 5 nitrogen and oxygen atoms in total. The SMILES string of the molecule is FCC[C@H]1CCCN(c2nnc(-c3ccon3)s2)C1. The van der Waals surface area contributed by atoms with Crippen molar-refractivity contribution in [2.45, 2.75) is 19.3 Å². The standard InChI is InChI=1S/C12H15FN4OS/c13-5-3-9-2-1-6-17(8-9)12-15-14-11(19-12)10-4-7-18-16-10/h4,7,9H,1-3,5-6,8H2/t9-/m1/s1. The molecule has 0 spiro atoms. The van der Waals surface area contributed by atoms with Gasteiger partial charge < -0.3 is 9.42 Å². The molecule has 0 aromatic carbocycles. The van der Waals surface area contributed by atoms with E-state index in [4.69, 9.17) is 4.52 Å². The number of nitrogens with zero attached hydrogens (tertiary/aromatic N) is 4. The second kappa shape index (κ2) is 5.64. The first-order valence-corrected chi connectivity index (χ1v) is 7.23. The van der Waals surface area contributed by atoms with Gasteiger partial charge in [0, 0.05) is 19.2 Å². The molecule has 1 atom stereocenters. The smallest absolute Gasteiger partial charge is 0.208 e. The molecule has 102 valence electrons. The van der Waals surface area contributed by atoms with Crippen LogP contribution in [0.4, 0.5) is 9.52 Å². The van der Waals surface area contributed by atoms with E-state index in [-0.39, 0.29) is 6.67 Å². The summed E-state index contributed by atoms with van der Waals surface area (Å²) in [4.78, 5) is 2.20. The number of aromatic nitrogens is 3. The van der Waals surface area contributed by atoms with Crippen molar-refractivity contribution in [3.05, 3.63) is 12.3 Å². The number of alkyl halides is 1. The molecule has 0 aliphatic carbocycles. The maximum Gasteiger partial charge on any atom is 0.208 e. The molecule has 2 aromatic rings. The zero-order chi connectivity index (χ0) is 13.1. The van der Waals surface area contributed by atoms with Gasteiger partial charge in [0.05, 0.1) is 6.67 Å². The molecule has 0 radical (unpaired) electrons. The normalized spacial score (nSPS) is 19.8. The van der Waals surface area contributed by atoms with Gasteiger partial charge in [-0.25, -0.2) is 0 Å².